The summed E-state index contributed by atoms with van der Waals surface area (Å²) in [7, 11) is 3.27. The number of methoxy groups -OCH3 is 2. The van der Waals surface area contributed by atoms with Gasteiger partial charge in [-0.1, -0.05) is 13.0 Å². The van der Waals surface area contributed by atoms with Crippen LogP contribution in [0.15, 0.2) is 18.2 Å². The van der Waals surface area contributed by atoms with E-state index in [-0.39, 0.29) is 24.1 Å². The molecular weight excluding hydrogens is 344 g/mol. The maximum absolute atomic E-state index is 13.0. The van der Waals surface area contributed by atoms with Gasteiger partial charge in [-0.15, -0.1) is 0 Å². The Balaban J connectivity index is 1.58. The van der Waals surface area contributed by atoms with E-state index in [4.69, 9.17) is 18.9 Å². The summed E-state index contributed by atoms with van der Waals surface area (Å²) in [6.07, 6.45) is 5.35. The standard InChI is InChI=1S/C22H30O5/c1-22-9-8-16-15-5-4-14(26-12-24-2)10-18(15)20(23)11-17(16)19(22)6-7-21(22)27-13-25-3/h4-5,10,16-17,19,21H,6-9,11-13H2,1-3H3/t16?,17?,19?,21-,22-/m0/s1. The Morgan fingerprint density at radius 2 is 1.93 bits per heavy atom. The van der Waals surface area contributed by atoms with Gasteiger partial charge in [0.05, 0.1) is 6.10 Å². The first-order chi connectivity index (χ1) is 13.1. The first kappa shape index (κ1) is 18.9. The number of rotatable bonds is 6. The van der Waals surface area contributed by atoms with Crippen LogP contribution >= 0.6 is 0 Å². The summed E-state index contributed by atoms with van der Waals surface area (Å²) in [4.78, 5) is 13.0. The Labute approximate surface area is 161 Å². The molecule has 0 aromatic heterocycles. The minimum Gasteiger partial charge on any atom is -0.468 e. The van der Waals surface area contributed by atoms with Crippen LogP contribution in [0.3, 0.4) is 0 Å². The van der Waals surface area contributed by atoms with Crippen molar-refractivity contribution in [1.82, 2.24) is 0 Å². The van der Waals surface area contributed by atoms with Crippen LogP contribution in [-0.4, -0.2) is 39.7 Å². The van der Waals surface area contributed by atoms with Crippen molar-refractivity contribution < 1.29 is 23.7 Å². The third kappa shape index (κ3) is 3.20. The van der Waals surface area contributed by atoms with Gasteiger partial charge in [0.1, 0.15) is 12.5 Å². The lowest BCUT2D eigenvalue weighted by Crippen LogP contribution is -2.45. The smallest absolute Gasteiger partial charge is 0.188 e. The lowest BCUT2D eigenvalue weighted by atomic mass is 9.55. The highest BCUT2D eigenvalue weighted by atomic mass is 16.7. The van der Waals surface area contributed by atoms with Crippen molar-refractivity contribution in [2.75, 3.05) is 27.8 Å². The summed E-state index contributed by atoms with van der Waals surface area (Å²) in [5.41, 5.74) is 2.21. The van der Waals surface area contributed by atoms with E-state index in [0.29, 0.717) is 36.7 Å². The van der Waals surface area contributed by atoms with Crippen molar-refractivity contribution >= 4 is 5.78 Å². The zero-order chi connectivity index (χ0) is 19.0. The zero-order valence-corrected chi connectivity index (χ0v) is 16.5. The fourth-order valence-corrected chi connectivity index (χ4v) is 5.98. The molecule has 3 unspecified atom stereocenters. The molecule has 2 saturated carbocycles. The van der Waals surface area contributed by atoms with Crippen LogP contribution in [0.5, 0.6) is 5.75 Å². The molecule has 4 rings (SSSR count). The number of Topliss-reactive ketones (excluding diaryl/α,β-unsaturated/α-hetero) is 1. The molecule has 0 N–H and O–H groups in total. The van der Waals surface area contributed by atoms with E-state index in [9.17, 15) is 4.79 Å². The van der Waals surface area contributed by atoms with Crippen LogP contribution < -0.4 is 4.74 Å². The highest BCUT2D eigenvalue weighted by molar-refractivity contribution is 5.99. The molecule has 0 saturated heterocycles. The van der Waals surface area contributed by atoms with E-state index in [1.165, 1.54) is 5.56 Å². The summed E-state index contributed by atoms with van der Waals surface area (Å²) in [5, 5.41) is 0. The summed E-state index contributed by atoms with van der Waals surface area (Å²) in [6.45, 7) is 2.91. The molecule has 1 aromatic carbocycles. The van der Waals surface area contributed by atoms with Crippen LogP contribution in [0.1, 0.15) is 60.9 Å². The molecule has 0 bridgehead atoms. The SMILES string of the molecule is COCOc1ccc2c(c1)C(=O)CC1C2CC[C@@]2(C)C1CC[C@@H]2OCOC. The topological polar surface area (TPSA) is 54.0 Å². The summed E-state index contributed by atoms with van der Waals surface area (Å²) in [5.74, 6) is 2.38. The Morgan fingerprint density at radius 3 is 2.70 bits per heavy atom. The zero-order valence-electron chi connectivity index (χ0n) is 16.5. The fraction of sp³-hybridized carbons (Fsp3) is 0.682. The van der Waals surface area contributed by atoms with E-state index < -0.39 is 0 Å². The molecule has 1 aromatic rings. The normalized spacial score (nSPS) is 34.7. The van der Waals surface area contributed by atoms with Crippen molar-refractivity contribution in [2.45, 2.75) is 51.0 Å². The van der Waals surface area contributed by atoms with Gasteiger partial charge in [-0.2, -0.15) is 0 Å². The van der Waals surface area contributed by atoms with Crippen LogP contribution in [0.2, 0.25) is 0 Å². The van der Waals surface area contributed by atoms with Crippen LogP contribution in [0, 0.1) is 17.3 Å². The Bertz CT molecular complexity index is 702. The molecule has 3 aliphatic carbocycles. The van der Waals surface area contributed by atoms with Crippen molar-refractivity contribution in [3.05, 3.63) is 29.3 Å². The second-order valence-corrected chi connectivity index (χ2v) is 8.49. The van der Waals surface area contributed by atoms with E-state index in [0.717, 1.165) is 31.2 Å². The van der Waals surface area contributed by atoms with Crippen molar-refractivity contribution in [1.29, 1.82) is 0 Å². The first-order valence-corrected chi connectivity index (χ1v) is 9.98. The number of carbonyl (C=O) groups is 1. The van der Waals surface area contributed by atoms with Gasteiger partial charge in [0.2, 0.25) is 0 Å². The number of benzene rings is 1. The van der Waals surface area contributed by atoms with Crippen LogP contribution in [0.25, 0.3) is 0 Å². The molecule has 0 radical (unpaired) electrons. The number of fused-ring (bicyclic) bond motifs is 5. The fourth-order valence-electron chi connectivity index (χ4n) is 5.98. The van der Waals surface area contributed by atoms with Gasteiger partial charge in [0.15, 0.2) is 12.6 Å². The van der Waals surface area contributed by atoms with Crippen molar-refractivity contribution in [2.24, 2.45) is 17.3 Å². The Morgan fingerprint density at radius 1 is 1.11 bits per heavy atom. The summed E-state index contributed by atoms with van der Waals surface area (Å²) in [6, 6.07) is 5.98. The predicted octanol–water partition coefficient (Wildman–Crippen LogP) is 4.15. The average Bonchev–Trinajstić information content (AvgIpc) is 3.01. The van der Waals surface area contributed by atoms with Gasteiger partial charge in [-0.05, 0) is 66.5 Å². The van der Waals surface area contributed by atoms with Gasteiger partial charge in [0, 0.05) is 26.2 Å². The predicted molar refractivity (Wildman–Crippen MR) is 101 cm³/mol. The minimum absolute atomic E-state index is 0.152. The van der Waals surface area contributed by atoms with Gasteiger partial charge in [0.25, 0.3) is 0 Å². The molecule has 27 heavy (non-hydrogen) atoms. The van der Waals surface area contributed by atoms with E-state index in [1.54, 1.807) is 14.2 Å². The molecule has 5 nitrogen and oxygen atoms in total. The number of carbonyl (C=O) groups excluding carboxylic acids is 1. The van der Waals surface area contributed by atoms with E-state index in [1.807, 2.05) is 12.1 Å². The van der Waals surface area contributed by atoms with Crippen molar-refractivity contribution in [3.63, 3.8) is 0 Å². The maximum atomic E-state index is 13.0. The average molecular weight is 374 g/mol. The Kier molecular flexibility index (Phi) is 5.28. The largest absolute Gasteiger partial charge is 0.468 e. The van der Waals surface area contributed by atoms with E-state index in [2.05, 4.69) is 13.0 Å². The van der Waals surface area contributed by atoms with Gasteiger partial charge in [-0.25, -0.2) is 0 Å². The molecule has 2 fully saturated rings. The quantitative estimate of drug-likeness (QED) is 0.700. The molecule has 3 aliphatic rings. The number of hydrogen-bond donors (Lipinski definition) is 0. The van der Waals surface area contributed by atoms with Crippen molar-refractivity contribution in [3.8, 4) is 5.75 Å². The monoisotopic (exact) mass is 374 g/mol. The van der Waals surface area contributed by atoms with Gasteiger partial charge >= 0.3 is 0 Å². The summed E-state index contributed by atoms with van der Waals surface area (Å²) >= 11 is 0. The van der Waals surface area contributed by atoms with Gasteiger partial charge in [-0.3, -0.25) is 4.79 Å². The molecule has 0 heterocycles. The first-order valence-electron chi connectivity index (χ1n) is 9.98. The van der Waals surface area contributed by atoms with Crippen LogP contribution in [0.4, 0.5) is 0 Å². The molecular formula is C22H30O5. The number of ketones is 1. The lowest BCUT2D eigenvalue weighted by molar-refractivity contribution is -0.124. The molecule has 0 aliphatic heterocycles. The third-order valence-corrected chi connectivity index (χ3v) is 7.23. The molecule has 5 atom stereocenters. The highest BCUT2D eigenvalue weighted by Crippen LogP contribution is 2.61. The van der Waals surface area contributed by atoms with Gasteiger partial charge < -0.3 is 18.9 Å². The Hall–Kier alpha value is -1.43. The lowest BCUT2D eigenvalue weighted by Gasteiger charge is -2.50. The molecule has 148 valence electrons. The third-order valence-electron chi connectivity index (χ3n) is 7.23. The van der Waals surface area contributed by atoms with Crippen LogP contribution in [-0.2, 0) is 14.2 Å². The summed E-state index contributed by atoms with van der Waals surface area (Å²) < 4.78 is 21.7. The molecule has 0 spiro atoms. The highest BCUT2D eigenvalue weighted by Gasteiger charge is 2.56. The second kappa shape index (κ2) is 7.53. The molecule has 0 amide bonds. The van der Waals surface area contributed by atoms with E-state index >= 15 is 0 Å². The minimum atomic E-state index is 0.152. The maximum Gasteiger partial charge on any atom is 0.188 e. The number of hydrogen-bond acceptors (Lipinski definition) is 5. The molecule has 5 heteroatoms. The second-order valence-electron chi connectivity index (χ2n) is 8.49. The number of ether oxygens (including phenoxy) is 4.